The molecule has 1 fully saturated rings. The SMILES string of the molecule is CC(C)(C)OC(=O)NC[C@@H](Cn1cc(-c2ccc3c(c2)CC[C@H]([C@](C)(ONC(=O)OC(C)(C)C)C(=O)OC(C)(C)C)O3)c[n+]1C[C@@H]1CCN(C(=O)OC(C)(C)C)C1)O[Si](C)(C)C(C)(C)C. The maximum absolute atomic E-state index is 13.7. The Labute approximate surface area is 388 Å². The minimum Gasteiger partial charge on any atom is -0.486 e. The van der Waals surface area contributed by atoms with E-state index in [0.717, 1.165) is 23.1 Å². The molecule has 0 aliphatic carbocycles. The molecule has 2 aromatic rings. The molecule has 4 rings (SSSR count). The van der Waals surface area contributed by atoms with Gasteiger partial charge in [-0.2, -0.15) is 10.2 Å². The summed E-state index contributed by atoms with van der Waals surface area (Å²) in [4.78, 5) is 60.0. The molecule has 1 saturated heterocycles. The van der Waals surface area contributed by atoms with Gasteiger partial charge in [-0.3, -0.25) is 0 Å². The summed E-state index contributed by atoms with van der Waals surface area (Å²) in [5.41, 5.74) is 0.558. The molecule has 0 unspecified atom stereocenters. The molecule has 0 bridgehead atoms. The Bertz CT molecular complexity index is 2000. The smallest absolute Gasteiger partial charge is 0.431 e. The number of alkyl carbamates (subject to hydrolysis) is 1. The van der Waals surface area contributed by atoms with E-state index in [0.29, 0.717) is 44.8 Å². The predicted molar refractivity (Wildman–Crippen MR) is 250 cm³/mol. The van der Waals surface area contributed by atoms with E-state index in [1.807, 2.05) is 53.7 Å². The minimum absolute atomic E-state index is 0.0841. The molecule has 0 saturated carbocycles. The van der Waals surface area contributed by atoms with Crippen LogP contribution >= 0.6 is 0 Å². The molecule has 2 aliphatic rings. The number of esters is 1. The number of carbonyl (C=O) groups is 4. The zero-order valence-corrected chi connectivity index (χ0v) is 43.6. The first kappa shape index (κ1) is 53.3. The lowest BCUT2D eigenvalue weighted by atomic mass is 9.89. The standard InChI is InChI=1S/C48H79N5O11Si/c1-43(2,3)59-39(54)48(16,64-50-41(56)61-45(7,8)9)38-22-20-34-25-33(19-21-37(34)58-38)35-29-52(28-32-23-24-51(27-32)42(57)62-46(10,11)12)53(30-35)31-36(63-65(17,18)47(13,14)15)26-49-40(55)60-44(4,5)6/h19,21,25,29-30,32,36,38H,20,22-24,26-28,31H2,1-18H3,(H-,49,50,55,56)/p+1/t32-,36+,38-,48+/m1/s1. The molecule has 0 spiro atoms. The molecule has 3 amide bonds. The molecule has 1 aromatic heterocycles. The number of carbonyl (C=O) groups excluding carboxylic acids is 4. The number of ether oxygens (including phenoxy) is 5. The number of likely N-dealkylation sites (tertiary alicyclic amines) is 1. The van der Waals surface area contributed by atoms with Crippen molar-refractivity contribution in [2.24, 2.45) is 5.92 Å². The molecule has 1 aromatic carbocycles. The Hall–Kier alpha value is -4.35. The molecule has 4 atom stereocenters. The van der Waals surface area contributed by atoms with Crippen molar-refractivity contribution >= 4 is 32.6 Å². The van der Waals surface area contributed by atoms with Crippen LogP contribution < -0.4 is 20.2 Å². The van der Waals surface area contributed by atoms with E-state index >= 15 is 0 Å². The number of hydroxylamine groups is 1. The van der Waals surface area contributed by atoms with E-state index in [9.17, 15) is 19.2 Å². The van der Waals surface area contributed by atoms with E-state index in [1.54, 1.807) is 53.4 Å². The fourth-order valence-electron chi connectivity index (χ4n) is 7.18. The van der Waals surface area contributed by atoms with Gasteiger partial charge in [0.25, 0.3) is 0 Å². The van der Waals surface area contributed by atoms with Gasteiger partial charge in [0.1, 0.15) is 40.8 Å². The fraction of sp³-hybridized carbons (Fsp3) is 0.729. The Kier molecular flexibility index (Phi) is 16.3. The van der Waals surface area contributed by atoms with Gasteiger partial charge in [0.05, 0.1) is 17.9 Å². The van der Waals surface area contributed by atoms with Crippen molar-refractivity contribution in [2.45, 2.75) is 201 Å². The van der Waals surface area contributed by atoms with Crippen LogP contribution in [-0.2, 0) is 52.5 Å². The van der Waals surface area contributed by atoms with E-state index in [2.05, 4.69) is 72.5 Å². The van der Waals surface area contributed by atoms with Gasteiger partial charge in [-0.05, 0) is 151 Å². The molecule has 366 valence electrons. The van der Waals surface area contributed by atoms with Crippen LogP contribution in [0, 0.1) is 5.92 Å². The molecule has 3 heterocycles. The van der Waals surface area contributed by atoms with Crippen molar-refractivity contribution in [1.82, 2.24) is 20.4 Å². The fourth-order valence-corrected chi connectivity index (χ4v) is 8.53. The van der Waals surface area contributed by atoms with Crippen LogP contribution in [0.25, 0.3) is 11.1 Å². The first-order chi connectivity index (χ1) is 29.5. The van der Waals surface area contributed by atoms with Crippen molar-refractivity contribution < 1.29 is 56.8 Å². The van der Waals surface area contributed by atoms with Crippen LogP contribution in [0.4, 0.5) is 14.4 Å². The summed E-state index contributed by atoms with van der Waals surface area (Å²) in [6, 6.07) is 5.95. The Morgan fingerprint density at radius 1 is 0.800 bits per heavy atom. The second-order valence-electron chi connectivity index (χ2n) is 23.2. The lowest BCUT2D eigenvalue weighted by molar-refractivity contribution is -0.780. The first-order valence-corrected chi connectivity index (χ1v) is 25.9. The molecule has 2 aliphatic heterocycles. The number of nitrogens with zero attached hydrogens (tertiary/aromatic N) is 3. The number of nitrogens with one attached hydrogen (secondary N) is 2. The average molecular weight is 931 g/mol. The van der Waals surface area contributed by atoms with Crippen LogP contribution in [0.15, 0.2) is 30.6 Å². The quantitative estimate of drug-likeness (QED) is 0.0647. The van der Waals surface area contributed by atoms with Gasteiger partial charge in [0.2, 0.25) is 11.8 Å². The van der Waals surface area contributed by atoms with E-state index in [4.69, 9.17) is 32.9 Å². The van der Waals surface area contributed by atoms with Crippen molar-refractivity contribution in [1.29, 1.82) is 0 Å². The van der Waals surface area contributed by atoms with Crippen molar-refractivity contribution in [3.8, 4) is 16.9 Å². The third-order valence-electron chi connectivity index (χ3n) is 11.3. The van der Waals surface area contributed by atoms with Gasteiger partial charge < -0.3 is 38.3 Å². The van der Waals surface area contributed by atoms with E-state index in [-0.39, 0.29) is 23.6 Å². The molecule has 65 heavy (non-hydrogen) atoms. The highest BCUT2D eigenvalue weighted by Gasteiger charge is 2.50. The first-order valence-electron chi connectivity index (χ1n) is 23.0. The number of benzene rings is 1. The number of rotatable bonds is 13. The van der Waals surface area contributed by atoms with Crippen molar-refractivity contribution in [3.05, 3.63) is 36.2 Å². The van der Waals surface area contributed by atoms with Crippen LogP contribution in [-0.4, -0.2) is 102 Å². The van der Waals surface area contributed by atoms with Crippen molar-refractivity contribution in [2.75, 3.05) is 19.6 Å². The summed E-state index contributed by atoms with van der Waals surface area (Å²) >= 11 is 0. The van der Waals surface area contributed by atoms with Gasteiger partial charge in [0, 0.05) is 25.6 Å². The summed E-state index contributed by atoms with van der Waals surface area (Å²) in [7, 11) is -2.32. The molecular formula is C48H80N5O11Si+. The summed E-state index contributed by atoms with van der Waals surface area (Å²) in [5, 5.41) is 2.88. The number of hydrogen-bond acceptors (Lipinski definition) is 11. The Morgan fingerprint density at radius 3 is 1.98 bits per heavy atom. The Morgan fingerprint density at radius 2 is 1.40 bits per heavy atom. The molecule has 0 radical (unpaired) electrons. The average Bonchev–Trinajstić information content (AvgIpc) is 3.76. The number of aromatic nitrogens is 2. The second-order valence-corrected chi connectivity index (χ2v) is 28.0. The topological polar surface area (TPSA) is 169 Å². The highest BCUT2D eigenvalue weighted by molar-refractivity contribution is 6.74. The summed E-state index contributed by atoms with van der Waals surface area (Å²) in [5.74, 6) is 0.0525. The summed E-state index contributed by atoms with van der Waals surface area (Å²) in [6.45, 7) is 36.6. The van der Waals surface area contributed by atoms with Gasteiger partial charge in [0.15, 0.2) is 14.9 Å². The summed E-state index contributed by atoms with van der Waals surface area (Å²) < 4.78 is 40.3. The van der Waals surface area contributed by atoms with Crippen LogP contribution in [0.5, 0.6) is 5.75 Å². The van der Waals surface area contributed by atoms with E-state index in [1.165, 1.54) is 0 Å². The molecule has 17 heteroatoms. The monoisotopic (exact) mass is 931 g/mol. The second kappa shape index (κ2) is 19.9. The van der Waals surface area contributed by atoms with Crippen LogP contribution in [0.2, 0.25) is 18.1 Å². The Balaban J connectivity index is 1.68. The molecule has 16 nitrogen and oxygen atoms in total. The number of hydrogen-bond donors (Lipinski definition) is 2. The maximum atomic E-state index is 13.7. The largest absolute Gasteiger partial charge is 0.486 e. The highest BCUT2D eigenvalue weighted by Crippen LogP contribution is 2.39. The number of aryl methyl sites for hydroxylation is 1. The van der Waals surface area contributed by atoms with Gasteiger partial charge >= 0.3 is 24.2 Å². The maximum Gasteiger partial charge on any atom is 0.431 e. The van der Waals surface area contributed by atoms with E-state index < -0.39 is 66.7 Å². The number of fused-ring (bicyclic) bond motifs is 1. The third kappa shape index (κ3) is 15.9. The van der Waals surface area contributed by atoms with Gasteiger partial charge in [-0.1, -0.05) is 26.8 Å². The van der Waals surface area contributed by atoms with Crippen LogP contribution in [0.3, 0.4) is 0 Å². The normalized spacial score (nSPS) is 18.7. The summed E-state index contributed by atoms with van der Waals surface area (Å²) in [6.07, 6.45) is 3.09. The zero-order chi connectivity index (χ0) is 49.1. The third-order valence-corrected chi connectivity index (χ3v) is 15.9. The highest BCUT2D eigenvalue weighted by atomic mass is 28.4. The number of amides is 3. The van der Waals surface area contributed by atoms with Crippen LogP contribution in [0.1, 0.15) is 129 Å². The lowest BCUT2D eigenvalue weighted by Gasteiger charge is -2.39. The zero-order valence-electron chi connectivity index (χ0n) is 42.6. The minimum atomic E-state index is -2.32. The molecule has 2 N–H and O–H groups in total. The van der Waals surface area contributed by atoms with Crippen molar-refractivity contribution in [3.63, 3.8) is 0 Å². The lowest BCUT2D eigenvalue weighted by Crippen LogP contribution is -2.58. The van der Waals surface area contributed by atoms with Gasteiger partial charge in [-0.15, -0.1) is 4.68 Å². The predicted octanol–water partition coefficient (Wildman–Crippen LogP) is 8.87. The molecular weight excluding hydrogens is 851 g/mol. The van der Waals surface area contributed by atoms with Gasteiger partial charge in [-0.25, -0.2) is 24.0 Å².